The molecule has 7 nitrogen and oxygen atoms in total. The molecule has 0 saturated carbocycles. The fraction of sp³-hybridized carbons (Fsp3) is 0.421. The minimum atomic E-state index is -0.427. The molecule has 3 rings (SSSR count). The zero-order valence-electron chi connectivity index (χ0n) is 15.6. The number of imidazole rings is 1. The molecule has 0 aliphatic rings. The van der Waals surface area contributed by atoms with E-state index in [9.17, 15) is 9.59 Å². The van der Waals surface area contributed by atoms with Gasteiger partial charge in [-0.2, -0.15) is 0 Å². The average molecular weight is 356 g/mol. The molecule has 2 aromatic heterocycles. The van der Waals surface area contributed by atoms with Crippen molar-refractivity contribution in [3.63, 3.8) is 0 Å². The van der Waals surface area contributed by atoms with Crippen molar-refractivity contribution in [3.05, 3.63) is 50.7 Å². The highest BCUT2D eigenvalue weighted by molar-refractivity contribution is 5.77. The smallest absolute Gasteiger partial charge is 0.330 e. The predicted octanol–water partition coefficient (Wildman–Crippen LogP) is 2.16. The lowest BCUT2D eigenvalue weighted by molar-refractivity contribution is 0.188. The number of nitrogens with zero attached hydrogens (tertiary/aromatic N) is 3. The van der Waals surface area contributed by atoms with Gasteiger partial charge in [0.05, 0.1) is 6.61 Å². The molecular formula is C19H24N4O3. The number of hydrogen-bond donors (Lipinski definition) is 1. The summed E-state index contributed by atoms with van der Waals surface area (Å²) in [4.78, 5) is 32.0. The predicted molar refractivity (Wildman–Crippen MR) is 102 cm³/mol. The summed E-state index contributed by atoms with van der Waals surface area (Å²) in [6.45, 7) is 7.44. The molecule has 1 aromatic carbocycles. The summed E-state index contributed by atoms with van der Waals surface area (Å²) in [5, 5.41) is 0. The summed E-state index contributed by atoms with van der Waals surface area (Å²) in [6.07, 6.45) is 0. The maximum atomic E-state index is 12.6. The summed E-state index contributed by atoms with van der Waals surface area (Å²) in [5.74, 6) is 0.905. The molecule has 3 aromatic rings. The van der Waals surface area contributed by atoms with Crippen LogP contribution in [0.2, 0.25) is 0 Å². The number of H-pyrrole nitrogens is 1. The van der Waals surface area contributed by atoms with E-state index in [4.69, 9.17) is 9.72 Å². The lowest BCUT2D eigenvalue weighted by Gasteiger charge is -2.10. The lowest BCUT2D eigenvalue weighted by Crippen LogP contribution is -2.32. The van der Waals surface area contributed by atoms with Crippen molar-refractivity contribution in [2.24, 2.45) is 5.92 Å². The third kappa shape index (κ3) is 3.35. The highest BCUT2D eigenvalue weighted by atomic mass is 16.5. The first-order valence-electron chi connectivity index (χ1n) is 8.71. The van der Waals surface area contributed by atoms with Gasteiger partial charge >= 0.3 is 5.69 Å². The second-order valence-corrected chi connectivity index (χ2v) is 6.89. The number of aryl methyl sites for hydroxylation is 1. The van der Waals surface area contributed by atoms with Gasteiger partial charge < -0.3 is 9.30 Å². The molecule has 0 unspecified atom stereocenters. The zero-order chi connectivity index (χ0) is 18.8. The minimum absolute atomic E-state index is 0.244. The second-order valence-electron chi connectivity index (χ2n) is 6.89. The second kappa shape index (κ2) is 7.29. The maximum Gasteiger partial charge on any atom is 0.330 e. The van der Waals surface area contributed by atoms with Gasteiger partial charge in [0, 0.05) is 25.8 Å². The van der Waals surface area contributed by atoms with Gasteiger partial charge in [-0.05, 0) is 18.9 Å². The molecule has 0 fully saturated rings. The molecular weight excluding hydrogens is 332 g/mol. The van der Waals surface area contributed by atoms with Crippen LogP contribution >= 0.6 is 0 Å². The van der Waals surface area contributed by atoms with E-state index in [-0.39, 0.29) is 5.92 Å². The number of methoxy groups -OCH3 is 1. The number of rotatable bonds is 6. The van der Waals surface area contributed by atoms with Crippen LogP contribution < -0.4 is 11.2 Å². The quantitative estimate of drug-likeness (QED) is 0.734. The zero-order valence-corrected chi connectivity index (χ0v) is 15.6. The van der Waals surface area contributed by atoms with Crippen LogP contribution in [-0.2, 0) is 17.8 Å². The van der Waals surface area contributed by atoms with Crippen molar-refractivity contribution >= 4 is 11.2 Å². The van der Waals surface area contributed by atoms with Crippen LogP contribution in [-0.4, -0.2) is 32.8 Å². The summed E-state index contributed by atoms with van der Waals surface area (Å²) in [6, 6.07) is 7.93. The highest BCUT2D eigenvalue weighted by Gasteiger charge is 2.20. The standard InChI is InChI=1S/C19H24N4O3/c1-12(2)11-23-17-15(18(24)21-19(23)25)22(8-9-26-4)16(20-17)14-7-5-6-13(3)10-14/h5-7,10,12H,8-9,11H2,1-4H3,(H,21,24,25). The molecule has 0 bridgehead atoms. The van der Waals surface area contributed by atoms with Gasteiger partial charge in [0.2, 0.25) is 0 Å². The Morgan fingerprint density at radius 1 is 1.23 bits per heavy atom. The third-order valence-corrected chi connectivity index (χ3v) is 4.23. The number of ether oxygens (including phenoxy) is 1. The molecule has 2 heterocycles. The van der Waals surface area contributed by atoms with Gasteiger partial charge in [-0.3, -0.25) is 14.3 Å². The Hall–Kier alpha value is -2.67. The first-order chi connectivity index (χ1) is 12.4. The van der Waals surface area contributed by atoms with E-state index >= 15 is 0 Å². The molecule has 138 valence electrons. The van der Waals surface area contributed by atoms with Crippen LogP contribution in [0.25, 0.3) is 22.6 Å². The van der Waals surface area contributed by atoms with Crippen LogP contribution in [0.4, 0.5) is 0 Å². The Labute approximate surface area is 151 Å². The van der Waals surface area contributed by atoms with Gasteiger partial charge in [-0.1, -0.05) is 37.6 Å². The number of aromatic amines is 1. The molecule has 0 radical (unpaired) electrons. The van der Waals surface area contributed by atoms with Crippen LogP contribution in [0.3, 0.4) is 0 Å². The van der Waals surface area contributed by atoms with Crippen molar-refractivity contribution in [1.82, 2.24) is 19.1 Å². The first-order valence-corrected chi connectivity index (χ1v) is 8.71. The first kappa shape index (κ1) is 18.1. The van der Waals surface area contributed by atoms with E-state index in [1.165, 1.54) is 0 Å². The molecule has 0 aliphatic carbocycles. The minimum Gasteiger partial charge on any atom is -0.383 e. The van der Waals surface area contributed by atoms with Gasteiger partial charge in [0.25, 0.3) is 5.56 Å². The average Bonchev–Trinajstić information content (AvgIpc) is 2.96. The number of nitrogens with one attached hydrogen (secondary N) is 1. The summed E-state index contributed by atoms with van der Waals surface area (Å²) < 4.78 is 8.59. The Morgan fingerprint density at radius 3 is 2.65 bits per heavy atom. The Morgan fingerprint density at radius 2 is 2.00 bits per heavy atom. The van der Waals surface area contributed by atoms with Crippen molar-refractivity contribution in [1.29, 1.82) is 0 Å². The molecule has 0 saturated heterocycles. The Bertz CT molecular complexity index is 1040. The molecule has 0 aliphatic heterocycles. The third-order valence-electron chi connectivity index (χ3n) is 4.23. The summed E-state index contributed by atoms with van der Waals surface area (Å²) in [7, 11) is 1.62. The van der Waals surface area contributed by atoms with Crippen LogP contribution in [0.1, 0.15) is 19.4 Å². The van der Waals surface area contributed by atoms with Crippen molar-refractivity contribution in [2.45, 2.75) is 33.9 Å². The summed E-state index contributed by atoms with van der Waals surface area (Å²) in [5.41, 5.74) is 1.97. The highest BCUT2D eigenvalue weighted by Crippen LogP contribution is 2.23. The number of aromatic nitrogens is 4. The largest absolute Gasteiger partial charge is 0.383 e. The fourth-order valence-corrected chi connectivity index (χ4v) is 3.11. The monoisotopic (exact) mass is 356 g/mol. The maximum absolute atomic E-state index is 12.6. The topological polar surface area (TPSA) is 81.9 Å². The fourth-order valence-electron chi connectivity index (χ4n) is 3.11. The van der Waals surface area contributed by atoms with E-state index in [1.54, 1.807) is 11.7 Å². The Kier molecular flexibility index (Phi) is 5.08. The molecule has 0 spiro atoms. The van der Waals surface area contributed by atoms with Gasteiger partial charge in [-0.25, -0.2) is 9.78 Å². The molecule has 0 amide bonds. The van der Waals surface area contributed by atoms with E-state index < -0.39 is 11.2 Å². The van der Waals surface area contributed by atoms with E-state index in [1.807, 2.05) is 49.6 Å². The SMILES string of the molecule is COCCn1c(-c2cccc(C)c2)nc2c1c(=O)[nH]c(=O)n2CC(C)C. The number of hydrogen-bond acceptors (Lipinski definition) is 4. The van der Waals surface area contributed by atoms with Gasteiger partial charge in [0.1, 0.15) is 5.82 Å². The number of benzene rings is 1. The van der Waals surface area contributed by atoms with E-state index in [0.29, 0.717) is 36.7 Å². The molecule has 7 heteroatoms. The van der Waals surface area contributed by atoms with Crippen molar-refractivity contribution in [2.75, 3.05) is 13.7 Å². The van der Waals surface area contributed by atoms with Gasteiger partial charge in [0.15, 0.2) is 11.2 Å². The number of fused-ring (bicyclic) bond motifs is 1. The van der Waals surface area contributed by atoms with Gasteiger partial charge in [-0.15, -0.1) is 0 Å². The van der Waals surface area contributed by atoms with Crippen molar-refractivity contribution in [3.8, 4) is 11.4 Å². The normalized spacial score (nSPS) is 11.6. The van der Waals surface area contributed by atoms with E-state index in [2.05, 4.69) is 4.98 Å². The molecule has 26 heavy (non-hydrogen) atoms. The lowest BCUT2D eigenvalue weighted by atomic mass is 10.1. The summed E-state index contributed by atoms with van der Waals surface area (Å²) >= 11 is 0. The van der Waals surface area contributed by atoms with E-state index in [0.717, 1.165) is 11.1 Å². The van der Waals surface area contributed by atoms with Crippen LogP contribution in [0.15, 0.2) is 33.9 Å². The van der Waals surface area contributed by atoms with Crippen molar-refractivity contribution < 1.29 is 4.74 Å². The Balaban J connectivity index is 2.35. The van der Waals surface area contributed by atoms with Crippen LogP contribution in [0, 0.1) is 12.8 Å². The molecule has 0 atom stereocenters. The van der Waals surface area contributed by atoms with Crippen LogP contribution in [0.5, 0.6) is 0 Å². The molecule has 1 N–H and O–H groups in total.